The summed E-state index contributed by atoms with van der Waals surface area (Å²) < 4.78 is 5.34. The Kier molecular flexibility index (Phi) is 8.58. The van der Waals surface area contributed by atoms with Crippen molar-refractivity contribution >= 4 is 17.7 Å². The first-order chi connectivity index (χ1) is 14.6. The fourth-order valence-electron chi connectivity index (χ4n) is 4.17. The lowest BCUT2D eigenvalue weighted by molar-refractivity contribution is 0.0686. The molecule has 5 nitrogen and oxygen atoms in total. The Morgan fingerprint density at radius 2 is 2.20 bits per heavy atom. The van der Waals surface area contributed by atoms with Gasteiger partial charge in [0.1, 0.15) is 10.8 Å². The van der Waals surface area contributed by atoms with Crippen LogP contribution >= 0.6 is 11.8 Å². The Balaban J connectivity index is 1.56. The topological polar surface area (TPSA) is 45.7 Å². The Labute approximate surface area is 184 Å². The smallest absolute Gasteiger partial charge is 0.256 e. The quantitative estimate of drug-likeness (QED) is 0.561. The zero-order chi connectivity index (χ0) is 21.3. The number of piperidine rings is 1. The molecule has 6 heteroatoms. The Morgan fingerprint density at radius 3 is 2.97 bits per heavy atom. The van der Waals surface area contributed by atoms with E-state index >= 15 is 0 Å². The summed E-state index contributed by atoms with van der Waals surface area (Å²) >= 11 is 1.53. The number of thioether (sulfide) groups is 1. The molecule has 0 aliphatic carbocycles. The molecule has 1 saturated heterocycles. The Morgan fingerprint density at radius 1 is 1.33 bits per heavy atom. The molecule has 0 bridgehead atoms. The van der Waals surface area contributed by atoms with Gasteiger partial charge in [0, 0.05) is 32.4 Å². The van der Waals surface area contributed by atoms with Crippen molar-refractivity contribution in [2.75, 3.05) is 46.1 Å². The number of carbonyl (C=O) groups excluding carboxylic acids is 1. The maximum atomic E-state index is 13.1. The van der Waals surface area contributed by atoms with Gasteiger partial charge in [-0.25, -0.2) is 4.98 Å². The number of hydrogen-bond acceptors (Lipinski definition) is 5. The Bertz CT molecular complexity index is 830. The number of nitrogens with zero attached hydrogens (tertiary/aromatic N) is 3. The molecule has 1 unspecified atom stereocenters. The molecule has 1 amide bonds. The second-order valence-corrected chi connectivity index (χ2v) is 8.61. The predicted molar refractivity (Wildman–Crippen MR) is 123 cm³/mol. The third-order valence-electron chi connectivity index (χ3n) is 5.80. The van der Waals surface area contributed by atoms with Gasteiger partial charge in [-0.2, -0.15) is 0 Å². The summed E-state index contributed by atoms with van der Waals surface area (Å²) in [5, 5.41) is 0.810. The van der Waals surface area contributed by atoms with E-state index in [1.165, 1.54) is 30.2 Å². The van der Waals surface area contributed by atoms with E-state index in [1.54, 1.807) is 13.3 Å². The second kappa shape index (κ2) is 11.4. The molecule has 30 heavy (non-hydrogen) atoms. The number of pyridine rings is 1. The first kappa shape index (κ1) is 22.6. The SMILES string of the molecule is CCN(CC1CCCN(CCc2cccc(OC)c2)C1)C(=O)c1cccnc1SC. The summed E-state index contributed by atoms with van der Waals surface area (Å²) in [6.45, 7) is 6.84. The van der Waals surface area contributed by atoms with Gasteiger partial charge in [0.2, 0.25) is 0 Å². The van der Waals surface area contributed by atoms with Crippen LogP contribution in [0.5, 0.6) is 5.75 Å². The number of methoxy groups -OCH3 is 1. The van der Waals surface area contributed by atoms with Crippen LogP contribution in [0, 0.1) is 5.92 Å². The number of amides is 1. The number of benzene rings is 1. The molecule has 0 radical (unpaired) electrons. The average molecular weight is 428 g/mol. The van der Waals surface area contributed by atoms with Gasteiger partial charge in [0.15, 0.2) is 0 Å². The van der Waals surface area contributed by atoms with Crippen molar-refractivity contribution in [3.8, 4) is 5.75 Å². The van der Waals surface area contributed by atoms with Crippen molar-refractivity contribution in [2.24, 2.45) is 5.92 Å². The third kappa shape index (κ3) is 5.99. The fourth-order valence-corrected chi connectivity index (χ4v) is 4.71. The summed E-state index contributed by atoms with van der Waals surface area (Å²) in [6, 6.07) is 12.1. The van der Waals surface area contributed by atoms with Crippen molar-refractivity contribution in [2.45, 2.75) is 31.2 Å². The third-order valence-corrected chi connectivity index (χ3v) is 6.51. The van der Waals surface area contributed by atoms with Crippen LogP contribution in [-0.4, -0.2) is 66.8 Å². The lowest BCUT2D eigenvalue weighted by atomic mass is 9.96. The number of hydrogen-bond donors (Lipinski definition) is 0. The standard InChI is InChI=1S/C24H33N3O2S/c1-4-27(24(28)22-11-6-13-25-23(22)30-3)18-20-9-7-14-26(17-20)15-12-19-8-5-10-21(16-19)29-2/h5-6,8,10-11,13,16,20H,4,7,9,12,14-15,17-18H2,1-3H3. The van der Waals surface area contributed by atoms with E-state index in [2.05, 4.69) is 35.0 Å². The zero-order valence-electron chi connectivity index (χ0n) is 18.3. The minimum absolute atomic E-state index is 0.100. The maximum Gasteiger partial charge on any atom is 0.256 e. The van der Waals surface area contributed by atoms with Crippen molar-refractivity contribution < 1.29 is 9.53 Å². The predicted octanol–water partition coefficient (Wildman–Crippen LogP) is 4.23. The number of aromatic nitrogens is 1. The van der Waals surface area contributed by atoms with E-state index in [9.17, 15) is 4.79 Å². The van der Waals surface area contributed by atoms with Gasteiger partial charge in [0.25, 0.3) is 5.91 Å². The molecule has 0 saturated carbocycles. The van der Waals surface area contributed by atoms with Crippen LogP contribution in [0.2, 0.25) is 0 Å². The number of carbonyl (C=O) groups is 1. The molecule has 1 fully saturated rings. The minimum Gasteiger partial charge on any atom is -0.497 e. The van der Waals surface area contributed by atoms with Crippen molar-refractivity contribution in [3.63, 3.8) is 0 Å². The number of rotatable bonds is 9. The van der Waals surface area contributed by atoms with Crippen LogP contribution in [0.15, 0.2) is 47.6 Å². The molecule has 3 rings (SSSR count). The summed E-state index contributed by atoms with van der Waals surface area (Å²) in [5.74, 6) is 1.53. The van der Waals surface area contributed by atoms with E-state index in [0.717, 1.165) is 55.5 Å². The molecule has 162 valence electrons. The summed E-state index contributed by atoms with van der Waals surface area (Å²) in [6.07, 6.45) is 7.11. The van der Waals surface area contributed by atoms with E-state index < -0.39 is 0 Å². The summed E-state index contributed by atoms with van der Waals surface area (Å²) in [7, 11) is 1.71. The maximum absolute atomic E-state index is 13.1. The van der Waals surface area contributed by atoms with Crippen LogP contribution in [0.3, 0.4) is 0 Å². The van der Waals surface area contributed by atoms with Crippen LogP contribution in [-0.2, 0) is 6.42 Å². The molecule has 2 heterocycles. The Hall–Kier alpha value is -2.05. The van der Waals surface area contributed by atoms with E-state index in [1.807, 2.05) is 29.4 Å². The largest absolute Gasteiger partial charge is 0.497 e. The highest BCUT2D eigenvalue weighted by molar-refractivity contribution is 7.98. The van der Waals surface area contributed by atoms with Gasteiger partial charge < -0.3 is 14.5 Å². The average Bonchev–Trinajstić information content (AvgIpc) is 2.81. The first-order valence-corrected chi connectivity index (χ1v) is 12.0. The van der Waals surface area contributed by atoms with Crippen molar-refractivity contribution in [1.29, 1.82) is 0 Å². The second-order valence-electron chi connectivity index (χ2n) is 7.81. The monoisotopic (exact) mass is 427 g/mol. The van der Waals surface area contributed by atoms with E-state index in [0.29, 0.717) is 5.92 Å². The first-order valence-electron chi connectivity index (χ1n) is 10.8. The highest BCUT2D eigenvalue weighted by Gasteiger charge is 2.25. The van der Waals surface area contributed by atoms with Crippen LogP contribution in [0.25, 0.3) is 0 Å². The number of likely N-dealkylation sites (tertiary alicyclic amines) is 1. The van der Waals surface area contributed by atoms with E-state index in [4.69, 9.17) is 4.74 Å². The summed E-state index contributed by atoms with van der Waals surface area (Å²) in [5.41, 5.74) is 2.03. The van der Waals surface area contributed by atoms with Gasteiger partial charge >= 0.3 is 0 Å². The molecule has 1 aromatic heterocycles. The molecule has 0 N–H and O–H groups in total. The minimum atomic E-state index is 0.100. The molecular weight excluding hydrogens is 394 g/mol. The molecule has 1 aromatic carbocycles. The van der Waals surface area contributed by atoms with Crippen molar-refractivity contribution in [3.05, 3.63) is 53.7 Å². The fraction of sp³-hybridized carbons (Fsp3) is 0.500. The lowest BCUT2D eigenvalue weighted by Gasteiger charge is -2.35. The van der Waals surface area contributed by atoms with Gasteiger partial charge in [-0.15, -0.1) is 11.8 Å². The van der Waals surface area contributed by atoms with Gasteiger partial charge in [0.05, 0.1) is 12.7 Å². The lowest BCUT2D eigenvalue weighted by Crippen LogP contribution is -2.43. The molecule has 1 atom stereocenters. The summed E-state index contributed by atoms with van der Waals surface area (Å²) in [4.78, 5) is 22.0. The molecule has 1 aliphatic rings. The van der Waals surface area contributed by atoms with E-state index in [-0.39, 0.29) is 5.91 Å². The zero-order valence-corrected chi connectivity index (χ0v) is 19.2. The molecule has 0 spiro atoms. The normalized spacial score (nSPS) is 17.0. The molecule has 1 aliphatic heterocycles. The highest BCUT2D eigenvalue weighted by atomic mass is 32.2. The van der Waals surface area contributed by atoms with Gasteiger partial charge in [-0.05, 0) is 74.7 Å². The van der Waals surface area contributed by atoms with Crippen LogP contribution in [0.1, 0.15) is 35.7 Å². The van der Waals surface area contributed by atoms with Crippen LogP contribution < -0.4 is 4.74 Å². The molecule has 2 aromatic rings. The van der Waals surface area contributed by atoms with Crippen molar-refractivity contribution in [1.82, 2.24) is 14.8 Å². The number of ether oxygens (including phenoxy) is 1. The highest BCUT2D eigenvalue weighted by Crippen LogP contribution is 2.22. The van der Waals surface area contributed by atoms with Gasteiger partial charge in [-0.3, -0.25) is 4.79 Å². The van der Waals surface area contributed by atoms with Crippen LogP contribution in [0.4, 0.5) is 0 Å². The van der Waals surface area contributed by atoms with Gasteiger partial charge in [-0.1, -0.05) is 12.1 Å². The molecular formula is C24H33N3O2S.